The number of hydrogen-bond acceptors (Lipinski definition) is 5. The van der Waals surface area contributed by atoms with E-state index < -0.39 is 0 Å². The Morgan fingerprint density at radius 3 is 2.83 bits per heavy atom. The lowest BCUT2D eigenvalue weighted by Crippen LogP contribution is -2.18. The summed E-state index contributed by atoms with van der Waals surface area (Å²) in [6, 6.07) is 8.93. The Labute approximate surface area is 133 Å². The van der Waals surface area contributed by atoms with Gasteiger partial charge >= 0.3 is 0 Å². The molecule has 2 heterocycles. The fraction of sp³-hybridized carbons (Fsp3) is 0.118. The van der Waals surface area contributed by atoms with Crippen LogP contribution in [0.3, 0.4) is 0 Å². The molecular weight excluding hydrogens is 294 g/mol. The monoisotopic (exact) mass is 309 g/mol. The lowest BCUT2D eigenvalue weighted by molar-refractivity contribution is 0.0954. The summed E-state index contributed by atoms with van der Waals surface area (Å²) in [4.78, 5) is 15.7. The van der Waals surface area contributed by atoms with Crippen molar-refractivity contribution in [2.24, 2.45) is 5.10 Å². The number of carbonyl (C=O) groups is 1. The van der Waals surface area contributed by atoms with Gasteiger partial charge in [0, 0.05) is 18.0 Å². The molecule has 6 heteroatoms. The standard InChI is InChI=1S/C17H15N3O3/c1-12(19-20-17(21)14-6-8-18-9-7-14)2-3-13-4-5-15-16(10-13)23-11-22-15/h2-10H,11H2,1H3,(H,20,21)/b3-2+,19-12+. The summed E-state index contributed by atoms with van der Waals surface area (Å²) in [6.45, 7) is 2.06. The molecule has 0 aliphatic carbocycles. The van der Waals surface area contributed by atoms with Crippen molar-refractivity contribution >= 4 is 17.7 Å². The fourth-order valence-corrected chi connectivity index (χ4v) is 1.98. The molecule has 0 bridgehead atoms. The minimum Gasteiger partial charge on any atom is -0.454 e. The van der Waals surface area contributed by atoms with E-state index in [9.17, 15) is 4.79 Å². The Morgan fingerprint density at radius 2 is 2.00 bits per heavy atom. The second-order valence-corrected chi connectivity index (χ2v) is 4.88. The third kappa shape index (κ3) is 3.74. The summed E-state index contributed by atoms with van der Waals surface area (Å²) in [5.41, 5.74) is 4.65. The van der Waals surface area contributed by atoms with Gasteiger partial charge in [-0.3, -0.25) is 9.78 Å². The Hall–Kier alpha value is -3.15. The minimum atomic E-state index is -0.275. The molecule has 1 aromatic heterocycles. The largest absolute Gasteiger partial charge is 0.454 e. The number of nitrogens with one attached hydrogen (secondary N) is 1. The molecular formula is C17H15N3O3. The maximum Gasteiger partial charge on any atom is 0.271 e. The topological polar surface area (TPSA) is 72.8 Å². The molecule has 0 unspecified atom stereocenters. The number of amides is 1. The van der Waals surface area contributed by atoms with E-state index in [2.05, 4.69) is 15.5 Å². The van der Waals surface area contributed by atoms with E-state index in [4.69, 9.17) is 9.47 Å². The average Bonchev–Trinajstić information content (AvgIpc) is 3.06. The second-order valence-electron chi connectivity index (χ2n) is 4.88. The third-order valence-corrected chi connectivity index (χ3v) is 3.19. The predicted molar refractivity (Wildman–Crippen MR) is 86.4 cm³/mol. The number of rotatable bonds is 4. The Kier molecular flexibility index (Phi) is 4.33. The van der Waals surface area contributed by atoms with E-state index in [0.717, 1.165) is 17.1 Å². The summed E-state index contributed by atoms with van der Waals surface area (Å²) in [6.07, 6.45) is 6.82. The molecule has 0 spiro atoms. The fourth-order valence-electron chi connectivity index (χ4n) is 1.98. The molecule has 6 nitrogen and oxygen atoms in total. The lowest BCUT2D eigenvalue weighted by atomic mass is 10.2. The Bertz CT molecular complexity index is 770. The van der Waals surface area contributed by atoms with Gasteiger partial charge in [0.1, 0.15) is 0 Å². The minimum absolute atomic E-state index is 0.254. The molecule has 1 aliphatic rings. The van der Waals surface area contributed by atoms with Gasteiger partial charge in [0.05, 0.1) is 5.71 Å². The van der Waals surface area contributed by atoms with Gasteiger partial charge in [0.25, 0.3) is 5.91 Å². The number of pyridine rings is 1. The van der Waals surface area contributed by atoms with Gasteiger partial charge in [-0.1, -0.05) is 12.1 Å². The van der Waals surface area contributed by atoms with Crippen LogP contribution in [0.2, 0.25) is 0 Å². The van der Waals surface area contributed by atoms with Crippen LogP contribution in [-0.2, 0) is 0 Å². The normalized spacial score (nSPS) is 13.3. The summed E-state index contributed by atoms with van der Waals surface area (Å²) in [5, 5.41) is 4.04. The van der Waals surface area contributed by atoms with Gasteiger partial charge in [-0.15, -0.1) is 0 Å². The van der Waals surface area contributed by atoms with Gasteiger partial charge in [-0.2, -0.15) is 5.10 Å². The zero-order valence-corrected chi connectivity index (χ0v) is 12.5. The van der Waals surface area contributed by atoms with E-state index in [1.807, 2.05) is 30.4 Å². The van der Waals surface area contributed by atoms with Crippen molar-refractivity contribution in [3.8, 4) is 11.5 Å². The van der Waals surface area contributed by atoms with E-state index in [1.54, 1.807) is 31.5 Å². The van der Waals surface area contributed by atoms with E-state index >= 15 is 0 Å². The highest BCUT2D eigenvalue weighted by atomic mass is 16.7. The van der Waals surface area contributed by atoms with Crippen LogP contribution in [0, 0.1) is 0 Å². The van der Waals surface area contributed by atoms with Crippen LogP contribution in [0.25, 0.3) is 6.08 Å². The number of hydrogen-bond donors (Lipinski definition) is 1. The molecule has 0 atom stereocenters. The average molecular weight is 309 g/mol. The number of aromatic nitrogens is 1. The van der Waals surface area contributed by atoms with Crippen LogP contribution < -0.4 is 14.9 Å². The lowest BCUT2D eigenvalue weighted by Gasteiger charge is -2.00. The Morgan fingerprint density at radius 1 is 1.22 bits per heavy atom. The van der Waals surface area contributed by atoms with Crippen molar-refractivity contribution < 1.29 is 14.3 Å². The molecule has 1 N–H and O–H groups in total. The van der Waals surface area contributed by atoms with Crippen LogP contribution in [0.4, 0.5) is 0 Å². The maximum absolute atomic E-state index is 11.9. The first-order valence-electron chi connectivity index (χ1n) is 7.05. The molecule has 23 heavy (non-hydrogen) atoms. The number of ether oxygens (including phenoxy) is 2. The van der Waals surface area contributed by atoms with Crippen LogP contribution in [0.5, 0.6) is 11.5 Å². The summed E-state index contributed by atoms with van der Waals surface area (Å²) in [5.74, 6) is 1.20. The van der Waals surface area contributed by atoms with Crippen molar-refractivity contribution in [3.63, 3.8) is 0 Å². The van der Waals surface area contributed by atoms with Gasteiger partial charge in [0.15, 0.2) is 11.5 Å². The van der Waals surface area contributed by atoms with Gasteiger partial charge in [-0.05, 0) is 42.8 Å². The zero-order chi connectivity index (χ0) is 16.1. The van der Waals surface area contributed by atoms with E-state index in [-0.39, 0.29) is 12.7 Å². The molecule has 0 saturated carbocycles. The summed E-state index contributed by atoms with van der Waals surface area (Å²) in [7, 11) is 0. The van der Waals surface area contributed by atoms with Crippen molar-refractivity contribution in [2.45, 2.75) is 6.92 Å². The smallest absolute Gasteiger partial charge is 0.271 e. The number of carbonyl (C=O) groups excluding carboxylic acids is 1. The van der Waals surface area contributed by atoms with Crippen molar-refractivity contribution in [1.82, 2.24) is 10.4 Å². The molecule has 0 radical (unpaired) electrons. The van der Waals surface area contributed by atoms with Crippen LogP contribution >= 0.6 is 0 Å². The van der Waals surface area contributed by atoms with Crippen LogP contribution in [0.15, 0.2) is 53.9 Å². The molecule has 1 aliphatic heterocycles. The number of benzene rings is 1. The number of nitrogens with zero attached hydrogens (tertiary/aromatic N) is 2. The summed E-state index contributed by atoms with van der Waals surface area (Å²) >= 11 is 0. The molecule has 0 fully saturated rings. The van der Waals surface area contributed by atoms with Crippen LogP contribution in [-0.4, -0.2) is 23.4 Å². The molecule has 1 amide bonds. The number of hydrazone groups is 1. The first-order valence-corrected chi connectivity index (χ1v) is 7.05. The van der Waals surface area contributed by atoms with E-state index in [0.29, 0.717) is 11.3 Å². The second kappa shape index (κ2) is 6.74. The highest BCUT2D eigenvalue weighted by molar-refractivity contribution is 5.99. The van der Waals surface area contributed by atoms with Crippen LogP contribution in [0.1, 0.15) is 22.8 Å². The molecule has 116 valence electrons. The first-order chi connectivity index (χ1) is 11.2. The highest BCUT2D eigenvalue weighted by Gasteiger charge is 2.12. The van der Waals surface area contributed by atoms with Crippen molar-refractivity contribution in [2.75, 3.05) is 6.79 Å². The molecule has 1 aromatic carbocycles. The van der Waals surface area contributed by atoms with Gasteiger partial charge in [-0.25, -0.2) is 5.43 Å². The number of allylic oxidation sites excluding steroid dienone is 1. The summed E-state index contributed by atoms with van der Waals surface area (Å²) < 4.78 is 10.6. The predicted octanol–water partition coefficient (Wildman–Crippen LogP) is 2.63. The SMILES string of the molecule is CC(/C=C/c1ccc2c(c1)OCO2)=N\NC(=O)c1ccncc1. The zero-order valence-electron chi connectivity index (χ0n) is 12.5. The first kappa shape index (κ1) is 14.8. The molecule has 0 saturated heterocycles. The highest BCUT2D eigenvalue weighted by Crippen LogP contribution is 2.32. The quantitative estimate of drug-likeness (QED) is 0.696. The maximum atomic E-state index is 11.9. The van der Waals surface area contributed by atoms with Gasteiger partial charge in [0.2, 0.25) is 6.79 Å². The van der Waals surface area contributed by atoms with Gasteiger partial charge < -0.3 is 9.47 Å². The van der Waals surface area contributed by atoms with Crippen molar-refractivity contribution in [1.29, 1.82) is 0 Å². The Balaban J connectivity index is 1.62. The molecule has 2 aromatic rings. The number of fused-ring (bicyclic) bond motifs is 1. The van der Waals surface area contributed by atoms with E-state index in [1.165, 1.54) is 0 Å². The van der Waals surface area contributed by atoms with Crippen molar-refractivity contribution in [3.05, 3.63) is 59.9 Å². The third-order valence-electron chi connectivity index (χ3n) is 3.19. The molecule has 3 rings (SSSR count).